The molecule has 0 unspecified atom stereocenters. The molecule has 0 aliphatic rings. The van der Waals surface area contributed by atoms with Gasteiger partial charge in [0.05, 0.1) is 0 Å². The molecule has 0 saturated carbocycles. The molecule has 1 aromatic carbocycles. The molecule has 0 aliphatic heterocycles. The Bertz CT molecular complexity index is 522. The molecular weight excluding hydrogens is 237 g/mol. The molecule has 1 aromatic heterocycles. The van der Waals surface area contributed by atoms with Crippen molar-refractivity contribution in [1.82, 2.24) is 5.16 Å². The summed E-state index contributed by atoms with van der Waals surface area (Å²) in [6.07, 6.45) is -4.76. The summed E-state index contributed by atoms with van der Waals surface area (Å²) in [5.41, 5.74) is 5.64. The highest BCUT2D eigenvalue weighted by Crippen LogP contribution is 2.33. The molecule has 2 aromatic rings. The highest BCUT2D eigenvalue weighted by Gasteiger charge is 2.32. The summed E-state index contributed by atoms with van der Waals surface area (Å²) in [4.78, 5) is 0. The van der Waals surface area contributed by atoms with Crippen LogP contribution >= 0.6 is 0 Å². The average Bonchev–Trinajstić information content (AvgIpc) is 2.63. The number of hydrogen-bond donors (Lipinski definition) is 1. The lowest BCUT2D eigenvalue weighted by molar-refractivity contribution is -0.274. The number of nitrogen functional groups attached to an aromatic ring is 1. The number of alkyl halides is 3. The number of hydrogen-bond acceptors (Lipinski definition) is 4. The molecule has 0 amide bonds. The topological polar surface area (TPSA) is 61.3 Å². The normalized spacial score (nSPS) is 11.5. The summed E-state index contributed by atoms with van der Waals surface area (Å²) in [5.74, 6) is -0.338. The van der Waals surface area contributed by atoms with Gasteiger partial charge in [-0.15, -0.1) is 13.2 Å². The highest BCUT2D eigenvalue weighted by molar-refractivity contribution is 5.68. The van der Waals surface area contributed by atoms with Crippen molar-refractivity contribution < 1.29 is 22.4 Å². The van der Waals surface area contributed by atoms with Gasteiger partial charge in [0, 0.05) is 11.6 Å². The van der Waals surface area contributed by atoms with E-state index in [9.17, 15) is 13.2 Å². The van der Waals surface area contributed by atoms with Crippen LogP contribution in [0.4, 0.5) is 19.1 Å². The zero-order valence-electron chi connectivity index (χ0n) is 8.36. The monoisotopic (exact) mass is 244 g/mol. The highest BCUT2D eigenvalue weighted by atomic mass is 19.4. The lowest BCUT2D eigenvalue weighted by atomic mass is 10.1. The first-order valence-electron chi connectivity index (χ1n) is 4.53. The van der Waals surface area contributed by atoms with Crippen LogP contribution in [-0.4, -0.2) is 11.5 Å². The van der Waals surface area contributed by atoms with Crippen LogP contribution in [0.2, 0.25) is 0 Å². The second-order valence-corrected chi connectivity index (χ2v) is 3.16. The van der Waals surface area contributed by atoms with E-state index in [0.717, 1.165) is 0 Å². The van der Waals surface area contributed by atoms with Crippen molar-refractivity contribution in [2.24, 2.45) is 0 Å². The van der Waals surface area contributed by atoms with E-state index in [0.29, 0.717) is 0 Å². The zero-order chi connectivity index (χ0) is 12.5. The molecule has 0 spiro atoms. The number of anilines is 1. The fraction of sp³-hybridized carbons (Fsp3) is 0.100. The number of nitrogens with zero attached hydrogens (tertiary/aromatic N) is 1. The number of halogens is 3. The van der Waals surface area contributed by atoms with Crippen LogP contribution in [0, 0.1) is 0 Å². The number of benzene rings is 1. The third-order valence-electron chi connectivity index (χ3n) is 1.92. The number of nitrogens with two attached hydrogens (primary N) is 1. The summed E-state index contributed by atoms with van der Waals surface area (Å²) in [6.45, 7) is 0. The second-order valence-electron chi connectivity index (χ2n) is 3.16. The van der Waals surface area contributed by atoms with Gasteiger partial charge in [-0.25, -0.2) is 0 Å². The number of para-hydroxylation sites is 1. The molecule has 2 N–H and O–H groups in total. The quantitative estimate of drug-likeness (QED) is 0.882. The Morgan fingerprint density at radius 3 is 2.53 bits per heavy atom. The van der Waals surface area contributed by atoms with Crippen molar-refractivity contribution in [3.63, 3.8) is 0 Å². The van der Waals surface area contributed by atoms with Crippen molar-refractivity contribution in [3.05, 3.63) is 30.3 Å². The van der Waals surface area contributed by atoms with Crippen molar-refractivity contribution in [1.29, 1.82) is 0 Å². The number of ether oxygens (including phenoxy) is 1. The Morgan fingerprint density at radius 2 is 1.94 bits per heavy atom. The minimum atomic E-state index is -4.76. The second kappa shape index (κ2) is 4.00. The maximum absolute atomic E-state index is 12.2. The van der Waals surface area contributed by atoms with Gasteiger partial charge in [-0.3, -0.25) is 0 Å². The van der Waals surface area contributed by atoms with Gasteiger partial charge in [0.2, 0.25) is 5.88 Å². The molecule has 0 saturated heterocycles. The molecule has 0 atom stereocenters. The van der Waals surface area contributed by atoms with Crippen LogP contribution in [0.25, 0.3) is 11.3 Å². The van der Waals surface area contributed by atoms with E-state index >= 15 is 0 Å². The number of aromatic nitrogens is 1. The maximum Gasteiger partial charge on any atom is 0.573 e. The van der Waals surface area contributed by atoms with E-state index in [-0.39, 0.29) is 22.9 Å². The molecule has 7 heteroatoms. The Morgan fingerprint density at radius 1 is 1.24 bits per heavy atom. The van der Waals surface area contributed by atoms with Crippen LogP contribution in [0.3, 0.4) is 0 Å². The first-order valence-corrected chi connectivity index (χ1v) is 4.53. The molecular formula is C10H7F3N2O2. The van der Waals surface area contributed by atoms with Crippen molar-refractivity contribution in [2.75, 3.05) is 5.73 Å². The molecule has 90 valence electrons. The van der Waals surface area contributed by atoms with Crippen LogP contribution in [-0.2, 0) is 0 Å². The molecule has 0 radical (unpaired) electrons. The number of rotatable bonds is 2. The van der Waals surface area contributed by atoms with E-state index in [1.54, 1.807) is 6.07 Å². The van der Waals surface area contributed by atoms with Gasteiger partial charge >= 0.3 is 6.36 Å². The molecule has 2 rings (SSSR count). The predicted octanol–water partition coefficient (Wildman–Crippen LogP) is 2.82. The minimum absolute atomic E-state index is 0.0156. The average molecular weight is 244 g/mol. The van der Waals surface area contributed by atoms with Gasteiger partial charge < -0.3 is 15.0 Å². The first kappa shape index (κ1) is 11.3. The van der Waals surface area contributed by atoms with E-state index in [1.807, 2.05) is 0 Å². The third-order valence-corrected chi connectivity index (χ3v) is 1.92. The van der Waals surface area contributed by atoms with Gasteiger partial charge in [0.15, 0.2) is 0 Å². The van der Waals surface area contributed by atoms with Gasteiger partial charge in [-0.05, 0) is 12.1 Å². The van der Waals surface area contributed by atoms with Gasteiger partial charge in [0.25, 0.3) is 0 Å². The fourth-order valence-electron chi connectivity index (χ4n) is 1.31. The SMILES string of the molecule is Nc1cc(-c2ccccc2OC(F)(F)F)no1. The van der Waals surface area contributed by atoms with E-state index in [2.05, 4.69) is 14.4 Å². The summed E-state index contributed by atoms with van der Waals surface area (Å²) < 4.78 is 44.9. The molecule has 1 heterocycles. The minimum Gasteiger partial charge on any atom is -0.405 e. The predicted molar refractivity (Wildman–Crippen MR) is 53.0 cm³/mol. The maximum atomic E-state index is 12.2. The zero-order valence-corrected chi connectivity index (χ0v) is 8.36. The smallest absolute Gasteiger partial charge is 0.405 e. The van der Waals surface area contributed by atoms with E-state index < -0.39 is 6.36 Å². The van der Waals surface area contributed by atoms with Crippen molar-refractivity contribution >= 4 is 5.88 Å². The molecule has 0 fully saturated rings. The van der Waals surface area contributed by atoms with Crippen molar-refractivity contribution in [2.45, 2.75) is 6.36 Å². The Labute approximate surface area is 93.8 Å². The van der Waals surface area contributed by atoms with Gasteiger partial charge in [-0.2, -0.15) is 0 Å². The summed E-state index contributed by atoms with van der Waals surface area (Å²) >= 11 is 0. The largest absolute Gasteiger partial charge is 0.573 e. The lowest BCUT2D eigenvalue weighted by Gasteiger charge is -2.11. The van der Waals surface area contributed by atoms with Crippen LogP contribution in [0.1, 0.15) is 0 Å². The Kier molecular flexibility index (Phi) is 2.66. The standard InChI is InChI=1S/C10H7F3N2O2/c11-10(12,13)16-8-4-2-1-3-6(8)7-5-9(14)17-15-7/h1-5H,14H2. The van der Waals surface area contributed by atoms with Crippen LogP contribution < -0.4 is 10.5 Å². The molecule has 0 bridgehead atoms. The summed E-state index contributed by atoms with van der Waals surface area (Å²) in [6, 6.07) is 6.92. The van der Waals surface area contributed by atoms with Crippen LogP contribution in [0.15, 0.2) is 34.9 Å². The van der Waals surface area contributed by atoms with Gasteiger partial charge in [0.1, 0.15) is 11.4 Å². The molecule has 0 aliphatic carbocycles. The first-order chi connectivity index (χ1) is 7.96. The van der Waals surface area contributed by atoms with E-state index in [1.165, 1.54) is 24.3 Å². The lowest BCUT2D eigenvalue weighted by Crippen LogP contribution is -2.17. The summed E-state index contributed by atoms with van der Waals surface area (Å²) in [7, 11) is 0. The fourth-order valence-corrected chi connectivity index (χ4v) is 1.31. The molecule has 4 nitrogen and oxygen atoms in total. The third kappa shape index (κ3) is 2.68. The van der Waals surface area contributed by atoms with Gasteiger partial charge in [-0.1, -0.05) is 17.3 Å². The van der Waals surface area contributed by atoms with E-state index in [4.69, 9.17) is 5.73 Å². The molecule has 17 heavy (non-hydrogen) atoms. The summed E-state index contributed by atoms with van der Waals surface area (Å²) in [5, 5.41) is 3.53. The Balaban J connectivity index is 2.41. The van der Waals surface area contributed by atoms with Crippen molar-refractivity contribution in [3.8, 4) is 17.0 Å². The van der Waals surface area contributed by atoms with Crippen LogP contribution in [0.5, 0.6) is 5.75 Å². The Hall–Kier alpha value is -2.18.